The first-order chi connectivity index (χ1) is 12.8. The number of amides is 2. The average Bonchev–Trinajstić information content (AvgIpc) is 2.68. The second kappa shape index (κ2) is 7.95. The largest absolute Gasteiger partial charge is 0.339 e. The van der Waals surface area contributed by atoms with Crippen LogP contribution >= 0.6 is 0 Å². The third kappa shape index (κ3) is 4.76. The van der Waals surface area contributed by atoms with Crippen LogP contribution in [0.5, 0.6) is 0 Å². The minimum atomic E-state index is -0.0490. The van der Waals surface area contributed by atoms with Crippen molar-refractivity contribution < 1.29 is 9.59 Å². The molecule has 27 heavy (non-hydrogen) atoms. The normalized spacial score (nSPS) is 15.4. The fourth-order valence-electron chi connectivity index (χ4n) is 3.41. The van der Waals surface area contributed by atoms with Gasteiger partial charge < -0.3 is 10.2 Å². The van der Waals surface area contributed by atoms with Crippen LogP contribution in [0.4, 0.5) is 5.69 Å². The molecular formula is C23H28N2O2. The summed E-state index contributed by atoms with van der Waals surface area (Å²) in [7, 11) is 0. The summed E-state index contributed by atoms with van der Waals surface area (Å²) in [5.41, 5.74) is 2.88. The number of hydrogen-bond donors (Lipinski definition) is 1. The Hall–Kier alpha value is -2.62. The zero-order chi connectivity index (χ0) is 19.4. The Morgan fingerprint density at radius 2 is 1.52 bits per heavy atom. The predicted molar refractivity (Wildman–Crippen MR) is 109 cm³/mol. The van der Waals surface area contributed by atoms with Gasteiger partial charge in [0, 0.05) is 30.3 Å². The van der Waals surface area contributed by atoms with Gasteiger partial charge in [0.05, 0.1) is 0 Å². The Balaban J connectivity index is 1.53. The number of nitrogens with zero attached hydrogens (tertiary/aromatic N) is 1. The molecule has 1 fully saturated rings. The van der Waals surface area contributed by atoms with Crippen molar-refractivity contribution in [3.05, 3.63) is 65.7 Å². The second-order valence-corrected chi connectivity index (χ2v) is 8.25. The van der Waals surface area contributed by atoms with Crippen molar-refractivity contribution in [2.24, 2.45) is 5.92 Å². The van der Waals surface area contributed by atoms with E-state index in [-0.39, 0.29) is 23.1 Å². The van der Waals surface area contributed by atoms with Gasteiger partial charge in [-0.25, -0.2) is 0 Å². The number of likely N-dealkylation sites (tertiary alicyclic amines) is 1. The van der Waals surface area contributed by atoms with E-state index in [1.165, 1.54) is 5.56 Å². The van der Waals surface area contributed by atoms with E-state index in [1.807, 2.05) is 47.4 Å². The molecule has 0 unspecified atom stereocenters. The first-order valence-electron chi connectivity index (χ1n) is 9.60. The quantitative estimate of drug-likeness (QED) is 0.873. The van der Waals surface area contributed by atoms with E-state index in [2.05, 4.69) is 38.2 Å². The third-order valence-electron chi connectivity index (χ3n) is 5.19. The van der Waals surface area contributed by atoms with Gasteiger partial charge in [-0.05, 0) is 48.1 Å². The number of nitrogens with one attached hydrogen (secondary N) is 1. The first-order valence-corrected chi connectivity index (χ1v) is 9.60. The number of piperidine rings is 1. The Morgan fingerprint density at radius 1 is 0.926 bits per heavy atom. The van der Waals surface area contributed by atoms with Crippen molar-refractivity contribution >= 4 is 17.5 Å². The highest BCUT2D eigenvalue weighted by Gasteiger charge is 2.27. The van der Waals surface area contributed by atoms with Crippen LogP contribution in [0.1, 0.15) is 49.5 Å². The molecule has 1 N–H and O–H groups in total. The molecule has 2 amide bonds. The molecule has 2 aromatic rings. The third-order valence-corrected chi connectivity index (χ3v) is 5.19. The second-order valence-electron chi connectivity index (χ2n) is 8.25. The Labute approximate surface area is 161 Å². The number of anilines is 1. The molecule has 1 aliphatic rings. The molecule has 2 aromatic carbocycles. The monoisotopic (exact) mass is 364 g/mol. The van der Waals surface area contributed by atoms with E-state index in [0.717, 1.165) is 5.69 Å². The van der Waals surface area contributed by atoms with Gasteiger partial charge in [-0.1, -0.05) is 51.1 Å². The molecule has 4 heteroatoms. The van der Waals surface area contributed by atoms with Gasteiger partial charge in [0.15, 0.2) is 0 Å². The van der Waals surface area contributed by atoms with Crippen LogP contribution < -0.4 is 5.32 Å². The van der Waals surface area contributed by atoms with Crippen LogP contribution in [0.2, 0.25) is 0 Å². The van der Waals surface area contributed by atoms with Gasteiger partial charge in [0.2, 0.25) is 5.91 Å². The van der Waals surface area contributed by atoms with Crippen LogP contribution in [0.3, 0.4) is 0 Å². The summed E-state index contributed by atoms with van der Waals surface area (Å²) >= 11 is 0. The zero-order valence-corrected chi connectivity index (χ0v) is 16.4. The molecule has 1 aliphatic heterocycles. The summed E-state index contributed by atoms with van der Waals surface area (Å²) in [4.78, 5) is 26.9. The lowest BCUT2D eigenvalue weighted by Crippen LogP contribution is -2.41. The van der Waals surface area contributed by atoms with E-state index in [9.17, 15) is 9.59 Å². The maximum Gasteiger partial charge on any atom is 0.253 e. The fourth-order valence-corrected chi connectivity index (χ4v) is 3.41. The van der Waals surface area contributed by atoms with Gasteiger partial charge in [-0.2, -0.15) is 0 Å². The molecule has 1 heterocycles. The Kier molecular flexibility index (Phi) is 5.64. The van der Waals surface area contributed by atoms with E-state index in [4.69, 9.17) is 0 Å². The fraction of sp³-hybridized carbons (Fsp3) is 0.391. The van der Waals surface area contributed by atoms with Crippen molar-refractivity contribution in [2.45, 2.75) is 39.0 Å². The standard InChI is InChI=1S/C23H28N2O2/c1-23(2,3)19-9-11-20(12-10-19)24-21(26)17-13-15-25(16-14-17)22(27)18-7-5-4-6-8-18/h4-12,17H,13-16H2,1-3H3,(H,24,26). The zero-order valence-electron chi connectivity index (χ0n) is 16.4. The smallest absolute Gasteiger partial charge is 0.253 e. The molecule has 142 valence electrons. The summed E-state index contributed by atoms with van der Waals surface area (Å²) in [5.74, 6) is 0.0460. The Bertz CT molecular complexity index is 783. The minimum absolute atomic E-state index is 0.0466. The highest BCUT2D eigenvalue weighted by Crippen LogP contribution is 2.25. The van der Waals surface area contributed by atoms with Crippen molar-refractivity contribution in [3.8, 4) is 0 Å². The van der Waals surface area contributed by atoms with Crippen molar-refractivity contribution in [2.75, 3.05) is 18.4 Å². The number of hydrogen-bond acceptors (Lipinski definition) is 2. The summed E-state index contributed by atoms with van der Waals surface area (Å²) in [6.45, 7) is 7.75. The molecule has 0 bridgehead atoms. The molecular weight excluding hydrogens is 336 g/mol. The van der Waals surface area contributed by atoms with Crippen molar-refractivity contribution in [1.29, 1.82) is 0 Å². The van der Waals surface area contributed by atoms with E-state index < -0.39 is 0 Å². The van der Waals surface area contributed by atoms with Crippen LogP contribution in [-0.2, 0) is 10.2 Å². The lowest BCUT2D eigenvalue weighted by molar-refractivity contribution is -0.121. The summed E-state index contributed by atoms with van der Waals surface area (Å²) in [6, 6.07) is 17.4. The van der Waals surface area contributed by atoms with Gasteiger partial charge in [0.25, 0.3) is 5.91 Å². The summed E-state index contributed by atoms with van der Waals surface area (Å²) < 4.78 is 0. The highest BCUT2D eigenvalue weighted by molar-refractivity contribution is 5.95. The first kappa shape index (κ1) is 19.2. The number of benzene rings is 2. The SMILES string of the molecule is CC(C)(C)c1ccc(NC(=O)C2CCN(C(=O)c3ccccc3)CC2)cc1. The molecule has 4 nitrogen and oxygen atoms in total. The van der Waals surface area contributed by atoms with Gasteiger partial charge in [-0.15, -0.1) is 0 Å². The summed E-state index contributed by atoms with van der Waals surface area (Å²) in [5, 5.41) is 3.02. The molecule has 1 saturated heterocycles. The molecule has 0 aliphatic carbocycles. The van der Waals surface area contributed by atoms with Gasteiger partial charge >= 0.3 is 0 Å². The van der Waals surface area contributed by atoms with Crippen LogP contribution in [-0.4, -0.2) is 29.8 Å². The number of carbonyl (C=O) groups is 2. The molecule has 0 atom stereocenters. The summed E-state index contributed by atoms with van der Waals surface area (Å²) in [6.07, 6.45) is 1.40. The molecule has 0 saturated carbocycles. The molecule has 0 aromatic heterocycles. The highest BCUT2D eigenvalue weighted by atomic mass is 16.2. The van der Waals surface area contributed by atoms with Crippen LogP contribution in [0.25, 0.3) is 0 Å². The van der Waals surface area contributed by atoms with Gasteiger partial charge in [-0.3, -0.25) is 9.59 Å². The lowest BCUT2D eigenvalue weighted by atomic mass is 9.87. The Morgan fingerprint density at radius 3 is 2.07 bits per heavy atom. The van der Waals surface area contributed by atoms with E-state index in [0.29, 0.717) is 31.5 Å². The lowest BCUT2D eigenvalue weighted by Gasteiger charge is -2.31. The van der Waals surface area contributed by atoms with E-state index in [1.54, 1.807) is 0 Å². The topological polar surface area (TPSA) is 49.4 Å². The molecule has 0 spiro atoms. The average molecular weight is 364 g/mol. The minimum Gasteiger partial charge on any atom is -0.339 e. The molecule has 3 rings (SSSR count). The van der Waals surface area contributed by atoms with Gasteiger partial charge in [0.1, 0.15) is 0 Å². The number of carbonyl (C=O) groups excluding carboxylic acids is 2. The maximum absolute atomic E-state index is 12.6. The van der Waals surface area contributed by atoms with Crippen LogP contribution in [0, 0.1) is 5.92 Å². The van der Waals surface area contributed by atoms with E-state index >= 15 is 0 Å². The molecule has 0 radical (unpaired) electrons. The van der Waals surface area contributed by atoms with Crippen molar-refractivity contribution in [1.82, 2.24) is 4.90 Å². The van der Waals surface area contributed by atoms with Crippen LogP contribution in [0.15, 0.2) is 54.6 Å². The van der Waals surface area contributed by atoms with Crippen molar-refractivity contribution in [3.63, 3.8) is 0 Å². The number of rotatable bonds is 3. The maximum atomic E-state index is 12.6. The predicted octanol–water partition coefficient (Wildman–Crippen LogP) is 4.48.